The van der Waals surface area contributed by atoms with E-state index in [2.05, 4.69) is 33.8 Å². The monoisotopic (exact) mass is 355 g/mol. The molecule has 0 spiro atoms. The molecule has 3 aromatic rings. The van der Waals surface area contributed by atoms with Crippen molar-refractivity contribution < 1.29 is 0 Å². The molecule has 1 aliphatic heterocycles. The molecule has 1 aliphatic rings. The van der Waals surface area contributed by atoms with Gasteiger partial charge in [0.2, 0.25) is 0 Å². The summed E-state index contributed by atoms with van der Waals surface area (Å²) in [6.07, 6.45) is 4.83. The molecule has 1 aromatic carbocycles. The van der Waals surface area contributed by atoms with Gasteiger partial charge in [-0.05, 0) is 36.0 Å². The molecule has 1 fully saturated rings. The molecule has 5 nitrogen and oxygen atoms in total. The number of halogens is 1. The SMILES string of the molecule is C[C@@H]1C[C@@H](C)CN(c2ncnc3c2cnn3Cc2ccc(Cl)cc2)C1. The second-order valence-electron chi connectivity index (χ2n) is 7.21. The number of hydrogen-bond acceptors (Lipinski definition) is 4. The molecule has 1 saturated heterocycles. The van der Waals surface area contributed by atoms with Crippen LogP contribution in [0.4, 0.5) is 5.82 Å². The summed E-state index contributed by atoms with van der Waals surface area (Å²) in [5.74, 6) is 2.36. The molecule has 0 N–H and O–H groups in total. The van der Waals surface area contributed by atoms with Crippen molar-refractivity contribution in [1.29, 1.82) is 0 Å². The van der Waals surface area contributed by atoms with Gasteiger partial charge in [0.15, 0.2) is 5.65 Å². The van der Waals surface area contributed by atoms with Crippen LogP contribution in [0.25, 0.3) is 11.0 Å². The van der Waals surface area contributed by atoms with E-state index < -0.39 is 0 Å². The Morgan fingerprint density at radius 2 is 1.80 bits per heavy atom. The summed E-state index contributed by atoms with van der Waals surface area (Å²) in [4.78, 5) is 11.4. The normalized spacial score (nSPS) is 21.0. The number of rotatable bonds is 3. The summed E-state index contributed by atoms with van der Waals surface area (Å²) in [6.45, 7) is 7.37. The zero-order valence-electron chi connectivity index (χ0n) is 14.6. The fourth-order valence-corrected chi connectivity index (χ4v) is 3.97. The van der Waals surface area contributed by atoms with Crippen LogP contribution in [0.2, 0.25) is 5.02 Å². The zero-order valence-corrected chi connectivity index (χ0v) is 15.3. The molecule has 0 unspecified atom stereocenters. The Balaban J connectivity index is 1.67. The molecule has 2 aromatic heterocycles. The van der Waals surface area contributed by atoms with Gasteiger partial charge in [0, 0.05) is 18.1 Å². The van der Waals surface area contributed by atoms with E-state index in [-0.39, 0.29) is 0 Å². The third-order valence-corrected chi connectivity index (χ3v) is 5.08. The van der Waals surface area contributed by atoms with Gasteiger partial charge < -0.3 is 4.90 Å². The number of nitrogens with zero attached hydrogens (tertiary/aromatic N) is 5. The van der Waals surface area contributed by atoms with Crippen LogP contribution in [0.3, 0.4) is 0 Å². The largest absolute Gasteiger partial charge is 0.355 e. The highest BCUT2D eigenvalue weighted by atomic mass is 35.5. The Bertz CT molecular complexity index is 863. The van der Waals surface area contributed by atoms with Gasteiger partial charge in [-0.15, -0.1) is 0 Å². The maximum Gasteiger partial charge on any atom is 0.163 e. The molecule has 3 heterocycles. The summed E-state index contributed by atoms with van der Waals surface area (Å²) < 4.78 is 1.93. The van der Waals surface area contributed by atoms with Gasteiger partial charge in [0.25, 0.3) is 0 Å². The minimum atomic E-state index is 0.671. The lowest BCUT2D eigenvalue weighted by molar-refractivity contribution is 0.356. The zero-order chi connectivity index (χ0) is 17.4. The highest BCUT2D eigenvalue weighted by molar-refractivity contribution is 6.30. The molecule has 0 amide bonds. The molecule has 2 atom stereocenters. The number of piperidine rings is 1. The smallest absolute Gasteiger partial charge is 0.163 e. The number of anilines is 1. The van der Waals surface area contributed by atoms with E-state index in [9.17, 15) is 0 Å². The summed E-state index contributed by atoms with van der Waals surface area (Å²) in [7, 11) is 0. The Morgan fingerprint density at radius 3 is 2.52 bits per heavy atom. The van der Waals surface area contributed by atoms with E-state index in [1.54, 1.807) is 6.33 Å². The van der Waals surface area contributed by atoms with Crippen molar-refractivity contribution in [2.24, 2.45) is 11.8 Å². The van der Waals surface area contributed by atoms with Crippen LogP contribution < -0.4 is 4.90 Å². The Kier molecular flexibility index (Phi) is 4.34. The maximum atomic E-state index is 5.97. The van der Waals surface area contributed by atoms with Crippen molar-refractivity contribution in [3.63, 3.8) is 0 Å². The first-order chi connectivity index (χ1) is 12.1. The average Bonchev–Trinajstić information content (AvgIpc) is 2.99. The number of fused-ring (bicyclic) bond motifs is 1. The summed E-state index contributed by atoms with van der Waals surface area (Å²) >= 11 is 5.97. The summed E-state index contributed by atoms with van der Waals surface area (Å²) in [5, 5.41) is 6.33. The van der Waals surface area contributed by atoms with Gasteiger partial charge >= 0.3 is 0 Å². The fraction of sp³-hybridized carbons (Fsp3) is 0.421. The fourth-order valence-electron chi connectivity index (χ4n) is 3.85. The van der Waals surface area contributed by atoms with Crippen molar-refractivity contribution in [2.45, 2.75) is 26.8 Å². The highest BCUT2D eigenvalue weighted by Crippen LogP contribution is 2.29. The van der Waals surface area contributed by atoms with Crippen molar-refractivity contribution in [3.05, 3.63) is 47.4 Å². The Morgan fingerprint density at radius 1 is 1.08 bits per heavy atom. The van der Waals surface area contributed by atoms with Crippen LogP contribution in [-0.4, -0.2) is 32.8 Å². The lowest BCUT2D eigenvalue weighted by Crippen LogP contribution is -2.39. The van der Waals surface area contributed by atoms with E-state index in [0.717, 1.165) is 40.5 Å². The van der Waals surface area contributed by atoms with Crippen LogP contribution >= 0.6 is 11.6 Å². The molecular weight excluding hydrogens is 334 g/mol. The van der Waals surface area contributed by atoms with E-state index >= 15 is 0 Å². The second-order valence-corrected chi connectivity index (χ2v) is 7.65. The van der Waals surface area contributed by atoms with Crippen LogP contribution in [0.5, 0.6) is 0 Å². The quantitative estimate of drug-likeness (QED) is 0.712. The van der Waals surface area contributed by atoms with E-state index in [1.807, 2.05) is 35.1 Å². The average molecular weight is 356 g/mol. The second kappa shape index (κ2) is 6.64. The third kappa shape index (κ3) is 3.33. The van der Waals surface area contributed by atoms with Gasteiger partial charge in [-0.2, -0.15) is 5.10 Å². The summed E-state index contributed by atoms with van der Waals surface area (Å²) in [5.41, 5.74) is 2.03. The lowest BCUT2D eigenvalue weighted by Gasteiger charge is -2.35. The molecule has 6 heteroatoms. The molecule has 130 valence electrons. The van der Waals surface area contributed by atoms with Gasteiger partial charge in [-0.25, -0.2) is 14.6 Å². The predicted molar refractivity (Wildman–Crippen MR) is 101 cm³/mol. The maximum absolute atomic E-state index is 5.97. The lowest BCUT2D eigenvalue weighted by atomic mass is 9.92. The van der Waals surface area contributed by atoms with Gasteiger partial charge in [-0.1, -0.05) is 37.6 Å². The Labute approximate surface area is 152 Å². The first kappa shape index (κ1) is 16.3. The van der Waals surface area contributed by atoms with E-state index in [1.165, 1.54) is 6.42 Å². The summed E-state index contributed by atoms with van der Waals surface area (Å²) in [6, 6.07) is 7.84. The van der Waals surface area contributed by atoms with Crippen LogP contribution in [0.1, 0.15) is 25.8 Å². The van der Waals surface area contributed by atoms with Crippen LogP contribution in [0, 0.1) is 11.8 Å². The predicted octanol–water partition coefficient (Wildman–Crippen LogP) is 4.01. The third-order valence-electron chi connectivity index (χ3n) is 4.83. The molecule has 0 saturated carbocycles. The molecule has 4 rings (SSSR count). The van der Waals surface area contributed by atoms with E-state index in [0.29, 0.717) is 18.4 Å². The molecule has 25 heavy (non-hydrogen) atoms. The highest BCUT2D eigenvalue weighted by Gasteiger charge is 2.25. The van der Waals surface area contributed by atoms with Crippen LogP contribution in [0.15, 0.2) is 36.8 Å². The van der Waals surface area contributed by atoms with Crippen molar-refractivity contribution in [2.75, 3.05) is 18.0 Å². The van der Waals surface area contributed by atoms with Crippen LogP contribution in [-0.2, 0) is 6.54 Å². The Hall–Kier alpha value is -2.14. The number of benzene rings is 1. The molecular formula is C19H22ClN5. The number of hydrogen-bond donors (Lipinski definition) is 0. The van der Waals surface area contributed by atoms with Crippen molar-refractivity contribution >= 4 is 28.5 Å². The standard InChI is InChI=1S/C19H22ClN5/c1-13-7-14(2)10-24(9-13)18-17-8-23-25(19(17)22-12-21-18)11-15-3-5-16(20)6-4-15/h3-6,8,12-14H,7,9-11H2,1-2H3/t13-,14-/m1/s1. The molecule has 0 bridgehead atoms. The van der Waals surface area contributed by atoms with Crippen molar-refractivity contribution in [3.8, 4) is 0 Å². The van der Waals surface area contributed by atoms with Gasteiger partial charge in [-0.3, -0.25) is 0 Å². The topological polar surface area (TPSA) is 46.8 Å². The van der Waals surface area contributed by atoms with E-state index in [4.69, 9.17) is 11.6 Å². The number of aromatic nitrogens is 4. The molecule has 0 aliphatic carbocycles. The first-order valence-electron chi connectivity index (χ1n) is 8.76. The molecule has 0 radical (unpaired) electrons. The minimum Gasteiger partial charge on any atom is -0.355 e. The first-order valence-corrected chi connectivity index (χ1v) is 9.14. The minimum absolute atomic E-state index is 0.671. The van der Waals surface area contributed by atoms with Crippen molar-refractivity contribution in [1.82, 2.24) is 19.7 Å². The van der Waals surface area contributed by atoms with Gasteiger partial charge in [0.05, 0.1) is 18.1 Å². The van der Waals surface area contributed by atoms with Gasteiger partial charge in [0.1, 0.15) is 12.1 Å².